The fourth-order valence-corrected chi connectivity index (χ4v) is 2.89. The number of thiophene rings is 1. The van der Waals surface area contributed by atoms with E-state index in [9.17, 15) is 14.9 Å². The number of nitro groups is 1. The van der Waals surface area contributed by atoms with Crippen molar-refractivity contribution >= 4 is 22.9 Å². The number of carbonyl (C=O) groups excluding carboxylic acids is 1. The average molecular weight is 334 g/mol. The monoisotopic (exact) mass is 334 g/mol. The van der Waals surface area contributed by atoms with Crippen molar-refractivity contribution in [2.45, 2.75) is 20.4 Å². The van der Waals surface area contributed by atoms with E-state index >= 15 is 0 Å². The zero-order valence-corrected chi connectivity index (χ0v) is 13.8. The van der Waals surface area contributed by atoms with Gasteiger partial charge in [0, 0.05) is 23.1 Å². The number of carbonyl (C=O) groups is 1. The molecule has 0 radical (unpaired) electrons. The van der Waals surface area contributed by atoms with Crippen LogP contribution < -0.4 is 4.74 Å². The van der Waals surface area contributed by atoms with Gasteiger partial charge in [-0.3, -0.25) is 14.9 Å². The van der Waals surface area contributed by atoms with E-state index in [0.29, 0.717) is 25.3 Å². The first kappa shape index (κ1) is 17.0. The van der Waals surface area contributed by atoms with Crippen LogP contribution in [0.25, 0.3) is 0 Å². The van der Waals surface area contributed by atoms with Gasteiger partial charge >= 0.3 is 5.69 Å². The van der Waals surface area contributed by atoms with Gasteiger partial charge in [-0.2, -0.15) is 0 Å². The summed E-state index contributed by atoms with van der Waals surface area (Å²) in [6.07, 6.45) is 0. The standard InChI is InChI=1S/C16H18N2O4S/c1-3-17(11-13-6-5-9-23-13)16(19)12-7-8-15(22-4-2)14(10-12)18(20)21/h5-10H,3-4,11H2,1-2H3. The van der Waals surface area contributed by atoms with Crippen molar-refractivity contribution < 1.29 is 14.5 Å². The topological polar surface area (TPSA) is 72.7 Å². The Hall–Kier alpha value is -2.41. The van der Waals surface area contributed by atoms with Crippen LogP contribution in [0.1, 0.15) is 29.1 Å². The molecule has 0 saturated heterocycles. The Balaban J connectivity index is 2.26. The Morgan fingerprint density at radius 3 is 2.70 bits per heavy atom. The van der Waals surface area contributed by atoms with Crippen LogP contribution in [-0.4, -0.2) is 28.9 Å². The van der Waals surface area contributed by atoms with Gasteiger partial charge in [0.15, 0.2) is 5.75 Å². The number of ether oxygens (including phenoxy) is 1. The van der Waals surface area contributed by atoms with Crippen molar-refractivity contribution in [3.63, 3.8) is 0 Å². The van der Waals surface area contributed by atoms with Gasteiger partial charge in [-0.25, -0.2) is 0 Å². The molecule has 0 aliphatic carbocycles. The summed E-state index contributed by atoms with van der Waals surface area (Å²) < 4.78 is 5.24. The lowest BCUT2D eigenvalue weighted by atomic mass is 10.1. The van der Waals surface area contributed by atoms with Gasteiger partial charge in [0.25, 0.3) is 5.91 Å². The first-order valence-corrected chi connectivity index (χ1v) is 8.17. The molecule has 0 aliphatic heterocycles. The number of rotatable bonds is 7. The van der Waals surface area contributed by atoms with Crippen LogP contribution in [0.3, 0.4) is 0 Å². The fraction of sp³-hybridized carbons (Fsp3) is 0.312. The molecular formula is C16H18N2O4S. The number of hydrogen-bond donors (Lipinski definition) is 0. The third-order valence-corrected chi connectivity index (χ3v) is 4.16. The Morgan fingerprint density at radius 1 is 1.35 bits per heavy atom. The highest BCUT2D eigenvalue weighted by molar-refractivity contribution is 7.09. The van der Waals surface area contributed by atoms with Crippen LogP contribution >= 0.6 is 11.3 Å². The maximum Gasteiger partial charge on any atom is 0.311 e. The van der Waals surface area contributed by atoms with Gasteiger partial charge in [0.2, 0.25) is 0 Å². The highest BCUT2D eigenvalue weighted by Gasteiger charge is 2.21. The number of nitro benzene ring substituents is 1. The molecule has 1 heterocycles. The molecule has 0 saturated carbocycles. The van der Waals surface area contributed by atoms with Crippen LogP contribution in [-0.2, 0) is 6.54 Å². The molecule has 0 spiro atoms. The summed E-state index contributed by atoms with van der Waals surface area (Å²) in [5.41, 5.74) is 0.100. The summed E-state index contributed by atoms with van der Waals surface area (Å²) >= 11 is 1.57. The molecule has 1 amide bonds. The molecule has 1 aromatic carbocycles. The second-order valence-corrected chi connectivity index (χ2v) is 5.80. The van der Waals surface area contributed by atoms with Crippen molar-refractivity contribution in [1.82, 2.24) is 4.90 Å². The summed E-state index contributed by atoms with van der Waals surface area (Å²) in [4.78, 5) is 26.0. The van der Waals surface area contributed by atoms with E-state index in [0.717, 1.165) is 4.88 Å². The molecule has 0 N–H and O–H groups in total. The zero-order valence-electron chi connectivity index (χ0n) is 13.0. The minimum atomic E-state index is -0.530. The maximum absolute atomic E-state index is 12.6. The van der Waals surface area contributed by atoms with Crippen LogP contribution in [0.15, 0.2) is 35.7 Å². The number of benzene rings is 1. The molecule has 2 rings (SSSR count). The minimum Gasteiger partial charge on any atom is -0.487 e. The lowest BCUT2D eigenvalue weighted by Gasteiger charge is -2.20. The summed E-state index contributed by atoms with van der Waals surface area (Å²) in [7, 11) is 0. The molecule has 0 atom stereocenters. The quantitative estimate of drug-likeness (QED) is 0.571. The molecule has 1 aromatic heterocycles. The second-order valence-electron chi connectivity index (χ2n) is 4.77. The SMILES string of the molecule is CCOc1ccc(C(=O)N(CC)Cc2cccs2)cc1[N+](=O)[O-]. The molecule has 0 fully saturated rings. The third-order valence-electron chi connectivity index (χ3n) is 3.30. The minimum absolute atomic E-state index is 0.176. The Labute approximate surface area is 138 Å². The van der Waals surface area contributed by atoms with Gasteiger partial charge in [-0.05, 0) is 37.4 Å². The van der Waals surface area contributed by atoms with Crippen LogP contribution in [0, 0.1) is 10.1 Å². The first-order valence-electron chi connectivity index (χ1n) is 7.29. The molecule has 23 heavy (non-hydrogen) atoms. The summed E-state index contributed by atoms with van der Waals surface area (Å²) in [6.45, 7) is 4.98. The molecule has 6 nitrogen and oxygen atoms in total. The van der Waals surface area contributed by atoms with Crippen LogP contribution in [0.2, 0.25) is 0 Å². The molecule has 0 bridgehead atoms. The highest BCUT2D eigenvalue weighted by atomic mass is 32.1. The number of amides is 1. The summed E-state index contributed by atoms with van der Waals surface area (Å²) in [5, 5.41) is 13.1. The molecule has 7 heteroatoms. The van der Waals surface area contributed by atoms with Gasteiger partial charge in [0.05, 0.1) is 18.1 Å². The smallest absolute Gasteiger partial charge is 0.311 e. The van der Waals surface area contributed by atoms with E-state index in [1.165, 1.54) is 12.1 Å². The van der Waals surface area contributed by atoms with Crippen molar-refractivity contribution in [2.24, 2.45) is 0 Å². The van der Waals surface area contributed by atoms with Crippen molar-refractivity contribution in [3.8, 4) is 5.75 Å². The van der Waals surface area contributed by atoms with Crippen molar-refractivity contribution in [1.29, 1.82) is 0 Å². The maximum atomic E-state index is 12.6. The van der Waals surface area contributed by atoms with Crippen LogP contribution in [0.4, 0.5) is 5.69 Å². The van der Waals surface area contributed by atoms with Gasteiger partial charge < -0.3 is 9.64 Å². The average Bonchev–Trinajstić information content (AvgIpc) is 3.05. The normalized spacial score (nSPS) is 10.3. The van der Waals surface area contributed by atoms with E-state index in [2.05, 4.69) is 0 Å². The van der Waals surface area contributed by atoms with Crippen LogP contribution in [0.5, 0.6) is 5.75 Å². The molecular weight excluding hydrogens is 316 g/mol. The second kappa shape index (κ2) is 7.73. The first-order chi connectivity index (χ1) is 11.1. The van der Waals surface area contributed by atoms with E-state index in [4.69, 9.17) is 4.74 Å². The van der Waals surface area contributed by atoms with E-state index < -0.39 is 4.92 Å². The Morgan fingerprint density at radius 2 is 2.13 bits per heavy atom. The molecule has 122 valence electrons. The lowest BCUT2D eigenvalue weighted by Crippen LogP contribution is -2.30. The van der Waals surface area contributed by atoms with Crippen molar-refractivity contribution in [3.05, 3.63) is 56.3 Å². The summed E-state index contributed by atoms with van der Waals surface area (Å²) in [5.74, 6) is -0.0533. The third kappa shape index (κ3) is 4.07. The van der Waals surface area contributed by atoms with Gasteiger partial charge in [-0.1, -0.05) is 6.07 Å². The van der Waals surface area contributed by atoms with E-state index in [-0.39, 0.29) is 17.3 Å². The van der Waals surface area contributed by atoms with E-state index in [1.807, 2.05) is 24.4 Å². The number of nitrogens with zero attached hydrogens (tertiary/aromatic N) is 2. The zero-order chi connectivity index (χ0) is 16.8. The fourth-order valence-electron chi connectivity index (χ4n) is 2.17. The molecule has 0 aliphatic rings. The molecule has 2 aromatic rings. The van der Waals surface area contributed by atoms with Gasteiger partial charge in [-0.15, -0.1) is 11.3 Å². The highest BCUT2D eigenvalue weighted by Crippen LogP contribution is 2.28. The van der Waals surface area contributed by atoms with Gasteiger partial charge in [0.1, 0.15) is 0 Å². The largest absolute Gasteiger partial charge is 0.487 e. The van der Waals surface area contributed by atoms with E-state index in [1.54, 1.807) is 29.2 Å². The Kier molecular flexibility index (Phi) is 5.70. The number of hydrogen-bond acceptors (Lipinski definition) is 5. The Bertz CT molecular complexity index is 685. The lowest BCUT2D eigenvalue weighted by molar-refractivity contribution is -0.385. The van der Waals surface area contributed by atoms with Crippen molar-refractivity contribution in [2.75, 3.05) is 13.2 Å². The predicted octanol–water partition coefficient (Wildman–Crippen LogP) is 3.72. The predicted molar refractivity (Wildman–Crippen MR) is 89.0 cm³/mol. The molecule has 0 unspecified atom stereocenters. The summed E-state index contributed by atoms with van der Waals surface area (Å²) in [6, 6.07) is 8.22.